The summed E-state index contributed by atoms with van der Waals surface area (Å²) in [7, 11) is 3.17. The summed E-state index contributed by atoms with van der Waals surface area (Å²) in [6.45, 7) is 0.702. The Morgan fingerprint density at radius 3 is 2.85 bits per heavy atom. The quantitative estimate of drug-likeness (QED) is 0.705. The number of hydrogen-bond acceptors (Lipinski definition) is 8. The minimum absolute atomic E-state index is 0.141. The third-order valence-electron chi connectivity index (χ3n) is 4.54. The van der Waals surface area contributed by atoms with E-state index in [1.54, 1.807) is 38.7 Å². The van der Waals surface area contributed by atoms with Crippen molar-refractivity contribution in [2.24, 2.45) is 0 Å². The SMILES string of the molecule is COc1ccc(OC)c(Nc2nc(O)nc3c2ncn3C2CCCCO2)c1. The summed E-state index contributed by atoms with van der Waals surface area (Å²) in [6.07, 6.45) is 4.53. The van der Waals surface area contributed by atoms with Crippen LogP contribution in [-0.4, -0.2) is 45.5 Å². The average molecular weight is 371 g/mol. The summed E-state index contributed by atoms with van der Waals surface area (Å²) >= 11 is 0. The van der Waals surface area contributed by atoms with Crippen molar-refractivity contribution in [3.8, 4) is 17.5 Å². The topological polar surface area (TPSA) is 104 Å². The number of methoxy groups -OCH3 is 2. The molecule has 27 heavy (non-hydrogen) atoms. The van der Waals surface area contributed by atoms with Crippen molar-refractivity contribution >= 4 is 22.7 Å². The highest BCUT2D eigenvalue weighted by molar-refractivity contribution is 5.86. The van der Waals surface area contributed by atoms with Crippen LogP contribution in [0.3, 0.4) is 0 Å². The lowest BCUT2D eigenvalue weighted by Crippen LogP contribution is -2.17. The zero-order chi connectivity index (χ0) is 18.8. The van der Waals surface area contributed by atoms with Crippen LogP contribution in [0.15, 0.2) is 24.5 Å². The van der Waals surface area contributed by atoms with E-state index < -0.39 is 0 Å². The molecule has 2 N–H and O–H groups in total. The van der Waals surface area contributed by atoms with Crippen molar-refractivity contribution in [2.75, 3.05) is 26.1 Å². The Morgan fingerprint density at radius 2 is 2.11 bits per heavy atom. The number of fused-ring (bicyclic) bond motifs is 1. The first-order valence-electron chi connectivity index (χ1n) is 8.74. The molecular formula is C18H21N5O4. The molecule has 1 atom stereocenters. The number of aromatic hydroxyl groups is 1. The van der Waals surface area contributed by atoms with Crippen LogP contribution in [0.2, 0.25) is 0 Å². The largest absolute Gasteiger partial charge is 0.497 e. The van der Waals surface area contributed by atoms with Gasteiger partial charge < -0.3 is 24.6 Å². The predicted molar refractivity (Wildman–Crippen MR) is 98.7 cm³/mol. The van der Waals surface area contributed by atoms with Gasteiger partial charge in [0.25, 0.3) is 0 Å². The Labute approximate surface area is 155 Å². The molecule has 3 aromatic rings. The van der Waals surface area contributed by atoms with Gasteiger partial charge in [-0.3, -0.25) is 4.57 Å². The number of nitrogens with zero attached hydrogens (tertiary/aromatic N) is 4. The molecule has 9 heteroatoms. The number of imidazole rings is 1. The van der Waals surface area contributed by atoms with Gasteiger partial charge in [-0.2, -0.15) is 9.97 Å². The molecule has 1 fully saturated rings. The van der Waals surface area contributed by atoms with Crippen LogP contribution in [-0.2, 0) is 4.74 Å². The van der Waals surface area contributed by atoms with E-state index in [1.165, 1.54) is 0 Å². The van der Waals surface area contributed by atoms with Crippen molar-refractivity contribution < 1.29 is 19.3 Å². The highest BCUT2D eigenvalue weighted by Gasteiger charge is 2.21. The first kappa shape index (κ1) is 17.3. The third-order valence-corrected chi connectivity index (χ3v) is 4.54. The van der Waals surface area contributed by atoms with Crippen LogP contribution in [0, 0.1) is 0 Å². The summed E-state index contributed by atoms with van der Waals surface area (Å²) in [4.78, 5) is 12.7. The second kappa shape index (κ2) is 7.28. The Balaban J connectivity index is 1.75. The van der Waals surface area contributed by atoms with Gasteiger partial charge in [-0.25, -0.2) is 4.98 Å². The lowest BCUT2D eigenvalue weighted by Gasteiger charge is -2.23. The van der Waals surface area contributed by atoms with Gasteiger partial charge in [0.1, 0.15) is 17.7 Å². The maximum atomic E-state index is 10.1. The van der Waals surface area contributed by atoms with Gasteiger partial charge in [-0.05, 0) is 31.4 Å². The molecule has 1 aromatic carbocycles. The number of aromatic nitrogens is 4. The molecule has 142 valence electrons. The molecule has 2 aromatic heterocycles. The molecule has 9 nitrogen and oxygen atoms in total. The Hall–Kier alpha value is -3.07. The summed E-state index contributed by atoms with van der Waals surface area (Å²) in [5.41, 5.74) is 1.69. The van der Waals surface area contributed by atoms with E-state index in [0.717, 1.165) is 19.3 Å². The number of hydrogen-bond donors (Lipinski definition) is 2. The third kappa shape index (κ3) is 3.33. The van der Waals surface area contributed by atoms with Crippen LogP contribution in [0.1, 0.15) is 25.5 Å². The summed E-state index contributed by atoms with van der Waals surface area (Å²) in [5.74, 6) is 1.64. The molecule has 4 rings (SSSR count). The maximum Gasteiger partial charge on any atom is 0.318 e. The number of rotatable bonds is 5. The van der Waals surface area contributed by atoms with Crippen molar-refractivity contribution in [3.05, 3.63) is 24.5 Å². The van der Waals surface area contributed by atoms with E-state index >= 15 is 0 Å². The monoisotopic (exact) mass is 371 g/mol. The average Bonchev–Trinajstić information content (AvgIpc) is 3.12. The second-order valence-electron chi connectivity index (χ2n) is 6.21. The van der Waals surface area contributed by atoms with Gasteiger partial charge in [0.15, 0.2) is 17.0 Å². The predicted octanol–water partition coefficient (Wildman–Crippen LogP) is 2.99. The molecule has 0 amide bonds. The van der Waals surface area contributed by atoms with Crippen LogP contribution in [0.25, 0.3) is 11.2 Å². The molecule has 1 aliphatic heterocycles. The van der Waals surface area contributed by atoms with E-state index in [1.807, 2.05) is 4.57 Å². The second-order valence-corrected chi connectivity index (χ2v) is 6.21. The molecular weight excluding hydrogens is 350 g/mol. The standard InChI is InChI=1S/C18H21N5O4/c1-25-11-6-7-13(26-2)12(9-11)20-16-15-17(22-18(24)21-16)23(10-19-15)14-5-3-4-8-27-14/h6-7,9-10,14H,3-5,8H2,1-2H3,(H2,20,21,22,24). The van der Waals surface area contributed by atoms with Gasteiger partial charge >= 0.3 is 6.01 Å². The molecule has 0 radical (unpaired) electrons. The van der Waals surface area contributed by atoms with E-state index in [9.17, 15) is 5.11 Å². The van der Waals surface area contributed by atoms with E-state index in [2.05, 4.69) is 20.3 Å². The fourth-order valence-electron chi connectivity index (χ4n) is 3.19. The number of nitrogens with one attached hydrogen (secondary N) is 1. The smallest absolute Gasteiger partial charge is 0.318 e. The lowest BCUT2D eigenvalue weighted by molar-refractivity contribution is -0.0298. The van der Waals surface area contributed by atoms with Crippen molar-refractivity contribution in [1.82, 2.24) is 19.5 Å². The molecule has 3 heterocycles. The normalized spacial score (nSPS) is 17.0. The van der Waals surface area contributed by atoms with Gasteiger partial charge in [0.05, 0.1) is 26.2 Å². The Bertz CT molecular complexity index is 952. The van der Waals surface area contributed by atoms with Crippen LogP contribution < -0.4 is 14.8 Å². The molecule has 1 saturated heterocycles. The molecule has 0 spiro atoms. The zero-order valence-electron chi connectivity index (χ0n) is 15.2. The minimum atomic E-state index is -0.343. The summed E-state index contributed by atoms with van der Waals surface area (Å²) in [5, 5.41) is 13.2. The zero-order valence-corrected chi connectivity index (χ0v) is 15.2. The van der Waals surface area contributed by atoms with E-state index in [4.69, 9.17) is 14.2 Å². The fourth-order valence-corrected chi connectivity index (χ4v) is 3.19. The Morgan fingerprint density at radius 1 is 1.22 bits per heavy atom. The molecule has 0 bridgehead atoms. The van der Waals surface area contributed by atoms with Gasteiger partial charge in [0.2, 0.25) is 0 Å². The fraction of sp³-hybridized carbons (Fsp3) is 0.389. The van der Waals surface area contributed by atoms with Gasteiger partial charge in [-0.1, -0.05) is 0 Å². The van der Waals surface area contributed by atoms with Crippen molar-refractivity contribution in [1.29, 1.82) is 0 Å². The van der Waals surface area contributed by atoms with Crippen LogP contribution in [0.5, 0.6) is 17.5 Å². The van der Waals surface area contributed by atoms with E-state index in [-0.39, 0.29) is 12.2 Å². The minimum Gasteiger partial charge on any atom is -0.497 e. The van der Waals surface area contributed by atoms with Gasteiger partial charge in [0, 0.05) is 12.7 Å². The van der Waals surface area contributed by atoms with Crippen molar-refractivity contribution in [3.63, 3.8) is 0 Å². The molecule has 1 unspecified atom stereocenters. The number of benzene rings is 1. The summed E-state index contributed by atoms with van der Waals surface area (Å²) < 4.78 is 18.3. The molecule has 1 aliphatic rings. The molecule has 0 aliphatic carbocycles. The number of ether oxygens (including phenoxy) is 3. The lowest BCUT2D eigenvalue weighted by atomic mass is 10.2. The highest BCUT2D eigenvalue weighted by Crippen LogP contribution is 2.34. The van der Waals surface area contributed by atoms with Crippen molar-refractivity contribution in [2.45, 2.75) is 25.5 Å². The highest BCUT2D eigenvalue weighted by atomic mass is 16.5. The maximum absolute atomic E-state index is 10.1. The number of anilines is 2. The van der Waals surface area contributed by atoms with Crippen LogP contribution >= 0.6 is 0 Å². The van der Waals surface area contributed by atoms with Crippen LogP contribution in [0.4, 0.5) is 11.5 Å². The Kier molecular flexibility index (Phi) is 4.68. The summed E-state index contributed by atoms with van der Waals surface area (Å²) in [6, 6.07) is 5.02. The van der Waals surface area contributed by atoms with Gasteiger partial charge in [-0.15, -0.1) is 0 Å². The first-order valence-corrected chi connectivity index (χ1v) is 8.74. The van der Waals surface area contributed by atoms with E-state index in [0.29, 0.717) is 40.8 Å². The molecule has 0 saturated carbocycles. The first-order chi connectivity index (χ1) is 13.2.